The molecular weight excluding hydrogens is 208 g/mol. The first-order valence-corrected chi connectivity index (χ1v) is 6.03. The van der Waals surface area contributed by atoms with E-state index in [0.29, 0.717) is 25.6 Å². The molecule has 1 aliphatic heterocycles. The second kappa shape index (κ2) is 5.96. The van der Waals surface area contributed by atoms with Crippen LogP contribution < -0.4 is 0 Å². The Morgan fingerprint density at radius 1 is 1.25 bits per heavy atom. The smallest absolute Gasteiger partial charge is 0.158 e. The van der Waals surface area contributed by atoms with Crippen LogP contribution in [0.5, 0.6) is 0 Å². The lowest BCUT2D eigenvalue weighted by Gasteiger charge is -2.25. The molecule has 0 aromatic heterocycles. The summed E-state index contributed by atoms with van der Waals surface area (Å²) < 4.78 is 10.7. The Morgan fingerprint density at radius 2 is 1.81 bits per heavy atom. The molecule has 4 heteroatoms. The SMILES string of the molecule is CC(CCC(O)C(C)(C)O)CC1OCCO1. The molecule has 1 fully saturated rings. The van der Waals surface area contributed by atoms with Crippen LogP contribution >= 0.6 is 0 Å². The highest BCUT2D eigenvalue weighted by Crippen LogP contribution is 2.21. The minimum Gasteiger partial charge on any atom is -0.390 e. The molecule has 1 rings (SSSR count). The molecule has 0 amide bonds. The van der Waals surface area contributed by atoms with Crippen LogP contribution in [0.15, 0.2) is 0 Å². The molecule has 0 radical (unpaired) electrons. The van der Waals surface area contributed by atoms with Crippen molar-refractivity contribution in [3.63, 3.8) is 0 Å². The normalized spacial score (nSPS) is 22.3. The predicted octanol–water partition coefficient (Wildman–Crippen LogP) is 1.30. The van der Waals surface area contributed by atoms with E-state index in [0.717, 1.165) is 12.8 Å². The van der Waals surface area contributed by atoms with Crippen LogP contribution in [0.4, 0.5) is 0 Å². The van der Waals surface area contributed by atoms with E-state index in [4.69, 9.17) is 9.47 Å². The van der Waals surface area contributed by atoms with Crippen molar-refractivity contribution in [1.29, 1.82) is 0 Å². The van der Waals surface area contributed by atoms with Crippen molar-refractivity contribution in [2.75, 3.05) is 13.2 Å². The van der Waals surface area contributed by atoms with Crippen molar-refractivity contribution >= 4 is 0 Å². The van der Waals surface area contributed by atoms with E-state index >= 15 is 0 Å². The highest BCUT2D eigenvalue weighted by atomic mass is 16.7. The fourth-order valence-electron chi connectivity index (χ4n) is 1.79. The molecule has 4 nitrogen and oxygen atoms in total. The molecule has 1 aliphatic rings. The van der Waals surface area contributed by atoms with Gasteiger partial charge in [0.15, 0.2) is 6.29 Å². The second-order valence-corrected chi connectivity index (χ2v) is 5.26. The van der Waals surface area contributed by atoms with Gasteiger partial charge in [-0.15, -0.1) is 0 Å². The molecule has 1 heterocycles. The van der Waals surface area contributed by atoms with E-state index in [-0.39, 0.29) is 6.29 Å². The summed E-state index contributed by atoms with van der Waals surface area (Å²) in [6, 6.07) is 0. The van der Waals surface area contributed by atoms with E-state index in [2.05, 4.69) is 6.92 Å². The molecule has 0 saturated carbocycles. The monoisotopic (exact) mass is 232 g/mol. The summed E-state index contributed by atoms with van der Waals surface area (Å²) >= 11 is 0. The molecular formula is C12H24O4. The van der Waals surface area contributed by atoms with Gasteiger partial charge in [0.05, 0.1) is 24.9 Å². The largest absolute Gasteiger partial charge is 0.390 e. The maximum absolute atomic E-state index is 9.68. The molecule has 0 aliphatic carbocycles. The van der Waals surface area contributed by atoms with Gasteiger partial charge >= 0.3 is 0 Å². The van der Waals surface area contributed by atoms with Gasteiger partial charge in [0.2, 0.25) is 0 Å². The minimum atomic E-state index is -1.01. The number of hydrogen-bond acceptors (Lipinski definition) is 4. The first kappa shape index (κ1) is 13.9. The third-order valence-corrected chi connectivity index (χ3v) is 3.03. The van der Waals surface area contributed by atoms with Gasteiger partial charge in [0.25, 0.3) is 0 Å². The maximum Gasteiger partial charge on any atom is 0.158 e. The van der Waals surface area contributed by atoms with Gasteiger partial charge in [-0.3, -0.25) is 0 Å². The average molecular weight is 232 g/mol. The van der Waals surface area contributed by atoms with Gasteiger partial charge in [-0.05, 0) is 32.6 Å². The van der Waals surface area contributed by atoms with Gasteiger partial charge in [-0.25, -0.2) is 0 Å². The Bertz CT molecular complexity index is 194. The molecule has 2 N–H and O–H groups in total. The van der Waals surface area contributed by atoms with Crippen LogP contribution in [-0.4, -0.2) is 41.4 Å². The molecule has 1 saturated heterocycles. The fourth-order valence-corrected chi connectivity index (χ4v) is 1.79. The standard InChI is InChI=1S/C12H24O4/c1-9(8-11-15-6-7-16-11)4-5-10(13)12(2,3)14/h9-11,13-14H,4-8H2,1-3H3. The van der Waals surface area contributed by atoms with Crippen LogP contribution in [0.3, 0.4) is 0 Å². The number of aliphatic hydroxyl groups is 2. The van der Waals surface area contributed by atoms with Crippen LogP contribution in [0.1, 0.15) is 40.0 Å². The van der Waals surface area contributed by atoms with Crippen molar-refractivity contribution in [3.05, 3.63) is 0 Å². The van der Waals surface area contributed by atoms with Gasteiger partial charge in [-0.1, -0.05) is 6.92 Å². The summed E-state index contributed by atoms with van der Waals surface area (Å²) in [5.74, 6) is 0.431. The zero-order chi connectivity index (χ0) is 12.2. The Morgan fingerprint density at radius 3 is 2.31 bits per heavy atom. The lowest BCUT2D eigenvalue weighted by molar-refractivity contribution is -0.0654. The first-order valence-electron chi connectivity index (χ1n) is 6.03. The van der Waals surface area contributed by atoms with E-state index in [1.54, 1.807) is 13.8 Å². The molecule has 96 valence electrons. The highest BCUT2D eigenvalue weighted by molar-refractivity contribution is 4.76. The lowest BCUT2D eigenvalue weighted by Crippen LogP contribution is -2.36. The lowest BCUT2D eigenvalue weighted by atomic mass is 9.92. The van der Waals surface area contributed by atoms with Crippen molar-refractivity contribution in [2.45, 2.75) is 58.0 Å². The third kappa shape index (κ3) is 4.78. The highest BCUT2D eigenvalue weighted by Gasteiger charge is 2.25. The van der Waals surface area contributed by atoms with Crippen molar-refractivity contribution in [1.82, 2.24) is 0 Å². The number of hydrogen-bond donors (Lipinski definition) is 2. The van der Waals surface area contributed by atoms with E-state index in [1.807, 2.05) is 0 Å². The van der Waals surface area contributed by atoms with Gasteiger partial charge < -0.3 is 19.7 Å². The van der Waals surface area contributed by atoms with Crippen LogP contribution in [0.25, 0.3) is 0 Å². The summed E-state index contributed by atoms with van der Waals surface area (Å²) in [6.07, 6.45) is 1.60. The first-order chi connectivity index (χ1) is 7.39. The molecule has 2 unspecified atom stereocenters. The molecule has 0 aromatic rings. The van der Waals surface area contributed by atoms with Crippen LogP contribution in [0, 0.1) is 5.92 Å². The van der Waals surface area contributed by atoms with Crippen LogP contribution in [-0.2, 0) is 9.47 Å². The molecule has 16 heavy (non-hydrogen) atoms. The predicted molar refractivity (Wildman–Crippen MR) is 61.0 cm³/mol. The van der Waals surface area contributed by atoms with Crippen LogP contribution in [0.2, 0.25) is 0 Å². The van der Waals surface area contributed by atoms with Crippen molar-refractivity contribution < 1.29 is 19.7 Å². The molecule has 2 atom stereocenters. The van der Waals surface area contributed by atoms with E-state index < -0.39 is 11.7 Å². The summed E-state index contributed by atoms with van der Waals surface area (Å²) in [5, 5.41) is 19.3. The van der Waals surface area contributed by atoms with Crippen molar-refractivity contribution in [3.8, 4) is 0 Å². The number of ether oxygens (including phenoxy) is 2. The number of rotatable bonds is 6. The topological polar surface area (TPSA) is 58.9 Å². The average Bonchev–Trinajstić information content (AvgIpc) is 2.65. The Hall–Kier alpha value is -0.160. The summed E-state index contributed by atoms with van der Waals surface area (Å²) in [6.45, 7) is 6.74. The Kier molecular flexibility index (Phi) is 5.18. The molecule has 0 spiro atoms. The number of aliphatic hydroxyl groups excluding tert-OH is 1. The maximum atomic E-state index is 9.68. The molecule has 0 bridgehead atoms. The summed E-state index contributed by atoms with van der Waals surface area (Å²) in [5.41, 5.74) is -1.01. The fraction of sp³-hybridized carbons (Fsp3) is 1.00. The summed E-state index contributed by atoms with van der Waals surface area (Å²) in [4.78, 5) is 0. The summed E-state index contributed by atoms with van der Waals surface area (Å²) in [7, 11) is 0. The second-order valence-electron chi connectivity index (χ2n) is 5.26. The minimum absolute atomic E-state index is 0.0747. The zero-order valence-electron chi connectivity index (χ0n) is 10.5. The van der Waals surface area contributed by atoms with Gasteiger partial charge in [0, 0.05) is 6.42 Å². The van der Waals surface area contributed by atoms with Gasteiger partial charge in [-0.2, -0.15) is 0 Å². The Balaban J connectivity index is 2.16. The Labute approximate surface area is 97.6 Å². The van der Waals surface area contributed by atoms with Gasteiger partial charge in [0.1, 0.15) is 0 Å². The quantitative estimate of drug-likeness (QED) is 0.724. The third-order valence-electron chi connectivity index (χ3n) is 3.03. The van der Waals surface area contributed by atoms with Crippen molar-refractivity contribution in [2.24, 2.45) is 5.92 Å². The van der Waals surface area contributed by atoms with E-state index in [1.165, 1.54) is 0 Å². The van der Waals surface area contributed by atoms with E-state index in [9.17, 15) is 10.2 Å². The zero-order valence-corrected chi connectivity index (χ0v) is 10.5. The molecule has 0 aromatic carbocycles.